The summed E-state index contributed by atoms with van der Waals surface area (Å²) in [6.07, 6.45) is 3.06. The van der Waals surface area contributed by atoms with Gasteiger partial charge in [-0.3, -0.25) is 4.98 Å². The zero-order valence-corrected chi connectivity index (χ0v) is 14.1. The van der Waals surface area contributed by atoms with Gasteiger partial charge in [-0.2, -0.15) is 0 Å². The van der Waals surface area contributed by atoms with Crippen LogP contribution in [-0.2, 0) is 0 Å². The molecular formula is C16H12BrFN2OS. The predicted octanol–water partition coefficient (Wildman–Crippen LogP) is 4.93. The van der Waals surface area contributed by atoms with Gasteiger partial charge in [-0.1, -0.05) is 12.8 Å². The number of thiol groups is 1. The topological polar surface area (TPSA) is 34.1 Å². The van der Waals surface area contributed by atoms with E-state index in [4.69, 9.17) is 4.74 Å². The Morgan fingerprint density at radius 1 is 1.32 bits per heavy atom. The summed E-state index contributed by atoms with van der Waals surface area (Å²) >= 11 is 7.61. The van der Waals surface area contributed by atoms with E-state index in [9.17, 15) is 4.39 Å². The molecule has 0 amide bonds. The maximum Gasteiger partial charge on any atom is 0.141 e. The molecule has 22 heavy (non-hydrogen) atoms. The van der Waals surface area contributed by atoms with Gasteiger partial charge < -0.3 is 9.46 Å². The van der Waals surface area contributed by atoms with Gasteiger partial charge in [0.05, 0.1) is 16.4 Å². The highest BCUT2D eigenvalue weighted by Gasteiger charge is 2.25. The van der Waals surface area contributed by atoms with E-state index in [0.29, 0.717) is 17.2 Å². The fourth-order valence-corrected chi connectivity index (χ4v) is 3.11. The number of anilines is 1. The van der Waals surface area contributed by atoms with E-state index in [0.717, 1.165) is 21.3 Å². The van der Waals surface area contributed by atoms with Gasteiger partial charge in [0, 0.05) is 22.9 Å². The molecule has 1 aliphatic rings. The molecule has 0 unspecified atom stereocenters. The molecule has 0 atom stereocenters. The highest BCUT2D eigenvalue weighted by atomic mass is 79.9. The smallest absolute Gasteiger partial charge is 0.141 e. The number of nitrogens with zero attached hydrogens (tertiary/aromatic N) is 1. The number of allylic oxidation sites excluding steroid dienone is 2. The third-order valence-electron chi connectivity index (χ3n) is 3.28. The second-order valence-corrected chi connectivity index (χ2v) is 5.64. The van der Waals surface area contributed by atoms with Gasteiger partial charge in [0.15, 0.2) is 0 Å². The van der Waals surface area contributed by atoms with Crippen molar-refractivity contribution in [1.82, 2.24) is 4.98 Å². The summed E-state index contributed by atoms with van der Waals surface area (Å²) in [5, 5.41) is 0. The van der Waals surface area contributed by atoms with Crippen LogP contribution < -0.4 is 9.46 Å². The van der Waals surface area contributed by atoms with E-state index >= 15 is 0 Å². The second-order valence-electron chi connectivity index (χ2n) is 4.63. The van der Waals surface area contributed by atoms with Crippen molar-refractivity contribution in [2.75, 3.05) is 4.72 Å². The third kappa shape index (κ3) is 2.64. The summed E-state index contributed by atoms with van der Waals surface area (Å²) in [5.74, 6) is 1.01. The normalized spacial score (nSPS) is 15.5. The van der Waals surface area contributed by atoms with Gasteiger partial charge in [0.25, 0.3) is 0 Å². The summed E-state index contributed by atoms with van der Waals surface area (Å²) < 4.78 is 22.6. The van der Waals surface area contributed by atoms with Gasteiger partial charge >= 0.3 is 0 Å². The van der Waals surface area contributed by atoms with Crippen molar-refractivity contribution in [3.63, 3.8) is 0 Å². The van der Waals surface area contributed by atoms with Crippen LogP contribution in [0.2, 0.25) is 0 Å². The van der Waals surface area contributed by atoms with E-state index in [1.165, 1.54) is 12.3 Å². The van der Waals surface area contributed by atoms with Gasteiger partial charge in [-0.05, 0) is 53.2 Å². The van der Waals surface area contributed by atoms with Gasteiger partial charge in [-0.15, -0.1) is 0 Å². The minimum atomic E-state index is -0.367. The molecule has 2 heterocycles. The molecule has 0 fully saturated rings. The standard InChI is InChI=1S/C16H12BrFN2OS/c1-2-13-16(17)15(12-6-3-9(18)8-19-12)11-5-4-10(20-22)7-14(11)21-13/h2-8,20,22H,1H3/b13-2-. The van der Waals surface area contributed by atoms with E-state index in [-0.39, 0.29) is 5.82 Å². The number of ether oxygens (including phenoxy) is 1. The molecular weight excluding hydrogens is 367 g/mol. The number of hydrogen-bond donors (Lipinski definition) is 2. The quantitative estimate of drug-likeness (QED) is 0.727. The number of rotatable bonds is 2. The van der Waals surface area contributed by atoms with Crippen LogP contribution in [0.4, 0.5) is 10.1 Å². The van der Waals surface area contributed by atoms with E-state index in [1.54, 1.807) is 6.07 Å². The SMILES string of the molecule is C/C=C1\Oc2cc(NS)ccc2C(c2ccc(F)cn2)=C1Br. The van der Waals surface area contributed by atoms with Gasteiger partial charge in [0.1, 0.15) is 17.3 Å². The van der Waals surface area contributed by atoms with Crippen molar-refractivity contribution >= 4 is 40.0 Å². The number of nitrogens with one attached hydrogen (secondary N) is 1. The van der Waals surface area contributed by atoms with Crippen LogP contribution in [0, 0.1) is 5.82 Å². The Bertz CT molecular complexity index is 787. The molecule has 3 nitrogen and oxygen atoms in total. The van der Waals surface area contributed by atoms with Crippen molar-refractivity contribution in [3.05, 3.63) is 69.9 Å². The first-order valence-corrected chi connectivity index (χ1v) is 7.79. The Labute approximate surface area is 141 Å². The zero-order chi connectivity index (χ0) is 15.7. The zero-order valence-electron chi connectivity index (χ0n) is 11.6. The lowest BCUT2D eigenvalue weighted by Gasteiger charge is -2.23. The Morgan fingerprint density at radius 2 is 2.14 bits per heavy atom. The van der Waals surface area contributed by atoms with Crippen LogP contribution in [0.3, 0.4) is 0 Å². The summed E-state index contributed by atoms with van der Waals surface area (Å²) in [5.41, 5.74) is 3.23. The molecule has 0 saturated carbocycles. The molecule has 3 rings (SSSR count). The van der Waals surface area contributed by atoms with Crippen LogP contribution in [0.25, 0.3) is 5.57 Å². The van der Waals surface area contributed by atoms with Crippen LogP contribution in [0.1, 0.15) is 18.2 Å². The molecule has 0 spiro atoms. The van der Waals surface area contributed by atoms with Crippen LogP contribution in [-0.4, -0.2) is 4.98 Å². The van der Waals surface area contributed by atoms with Gasteiger partial charge in [-0.25, -0.2) is 4.39 Å². The average molecular weight is 379 g/mol. The molecule has 0 saturated heterocycles. The van der Waals surface area contributed by atoms with Crippen LogP contribution >= 0.6 is 28.7 Å². The number of hydrogen-bond acceptors (Lipinski definition) is 4. The maximum absolute atomic E-state index is 13.1. The fraction of sp³-hybridized carbons (Fsp3) is 0.0625. The number of halogens is 2. The average Bonchev–Trinajstić information content (AvgIpc) is 2.55. The number of pyridine rings is 1. The molecule has 6 heteroatoms. The van der Waals surface area contributed by atoms with E-state index < -0.39 is 0 Å². The number of benzene rings is 1. The van der Waals surface area contributed by atoms with E-state index in [2.05, 4.69) is 38.5 Å². The second kappa shape index (κ2) is 6.14. The number of fused-ring (bicyclic) bond motifs is 1. The molecule has 0 radical (unpaired) electrons. The van der Waals surface area contributed by atoms with Crippen molar-refractivity contribution < 1.29 is 9.13 Å². The molecule has 0 bridgehead atoms. The van der Waals surface area contributed by atoms with Crippen LogP contribution in [0.15, 0.2) is 52.8 Å². The first kappa shape index (κ1) is 15.1. The van der Waals surface area contributed by atoms with E-state index in [1.807, 2.05) is 31.2 Å². The largest absolute Gasteiger partial charge is 0.456 e. The van der Waals surface area contributed by atoms with Crippen molar-refractivity contribution in [3.8, 4) is 5.75 Å². The highest BCUT2D eigenvalue weighted by molar-refractivity contribution is 9.12. The molecule has 0 aliphatic carbocycles. The molecule has 1 aromatic carbocycles. The number of aromatic nitrogens is 1. The Balaban J connectivity index is 2.23. The monoisotopic (exact) mass is 378 g/mol. The summed E-state index contributed by atoms with van der Waals surface area (Å²) in [4.78, 5) is 4.19. The maximum atomic E-state index is 13.1. The minimum Gasteiger partial charge on any atom is -0.456 e. The van der Waals surface area contributed by atoms with Crippen LogP contribution in [0.5, 0.6) is 5.75 Å². The first-order chi connectivity index (χ1) is 10.6. The van der Waals surface area contributed by atoms with Crippen molar-refractivity contribution in [2.24, 2.45) is 0 Å². The minimum absolute atomic E-state index is 0.367. The van der Waals surface area contributed by atoms with Crippen molar-refractivity contribution in [1.29, 1.82) is 0 Å². The Hall–Kier alpha value is -1.79. The summed E-state index contributed by atoms with van der Waals surface area (Å²) in [6.45, 7) is 1.89. The first-order valence-electron chi connectivity index (χ1n) is 6.55. The predicted molar refractivity (Wildman–Crippen MR) is 92.6 cm³/mol. The lowest BCUT2D eigenvalue weighted by Crippen LogP contribution is -2.08. The molecule has 1 aliphatic heterocycles. The highest BCUT2D eigenvalue weighted by Crippen LogP contribution is 2.43. The molecule has 1 aromatic heterocycles. The summed E-state index contributed by atoms with van der Waals surface area (Å²) in [7, 11) is 0. The van der Waals surface area contributed by atoms with Gasteiger partial charge in [0.2, 0.25) is 0 Å². The molecule has 112 valence electrons. The fourth-order valence-electron chi connectivity index (χ4n) is 2.25. The third-order valence-corrected chi connectivity index (χ3v) is 4.33. The molecule has 1 N–H and O–H groups in total. The lowest BCUT2D eigenvalue weighted by molar-refractivity contribution is 0.436. The molecule has 2 aromatic rings. The Kier molecular flexibility index (Phi) is 4.22. The lowest BCUT2D eigenvalue weighted by atomic mass is 9.97. The summed E-state index contributed by atoms with van der Waals surface area (Å²) in [6, 6.07) is 8.71. The Morgan fingerprint density at radius 3 is 2.77 bits per heavy atom. The van der Waals surface area contributed by atoms with Crippen molar-refractivity contribution in [2.45, 2.75) is 6.92 Å².